The minimum Gasteiger partial charge on any atom is -0.493 e. The third-order valence-corrected chi connectivity index (χ3v) is 4.19. The molecule has 0 saturated heterocycles. The Labute approximate surface area is 122 Å². The molecule has 1 aromatic carbocycles. The zero-order valence-electron chi connectivity index (χ0n) is 12.5. The second-order valence-corrected chi connectivity index (χ2v) is 5.80. The molecule has 1 aliphatic rings. The average Bonchev–Trinajstić information content (AvgIpc) is 2.49. The quantitative estimate of drug-likeness (QED) is 0.677. The molecule has 0 unspecified atom stereocenters. The first-order valence-electron chi connectivity index (χ1n) is 7.63. The van der Waals surface area contributed by atoms with Gasteiger partial charge in [-0.1, -0.05) is 18.2 Å². The summed E-state index contributed by atoms with van der Waals surface area (Å²) in [5.41, 5.74) is 1.18. The van der Waals surface area contributed by atoms with Gasteiger partial charge in [0.25, 0.3) is 0 Å². The Morgan fingerprint density at radius 1 is 1.10 bits per heavy atom. The van der Waals surface area contributed by atoms with Crippen molar-refractivity contribution in [2.45, 2.75) is 38.7 Å². The van der Waals surface area contributed by atoms with Crippen LogP contribution in [-0.2, 0) is 11.3 Å². The van der Waals surface area contributed by atoms with Crippen LogP contribution >= 0.6 is 0 Å². The van der Waals surface area contributed by atoms with Crippen molar-refractivity contribution in [3.05, 3.63) is 42.5 Å². The Kier molecular flexibility index (Phi) is 6.13. The molecule has 0 heterocycles. The molecule has 20 heavy (non-hydrogen) atoms. The molecule has 0 aliphatic heterocycles. The van der Waals surface area contributed by atoms with E-state index in [-0.39, 0.29) is 0 Å². The van der Waals surface area contributed by atoms with Crippen molar-refractivity contribution in [3.8, 4) is 5.75 Å². The molecule has 0 bridgehead atoms. The van der Waals surface area contributed by atoms with E-state index in [2.05, 4.69) is 24.8 Å². The molecule has 2 nitrogen and oxygen atoms in total. The second-order valence-electron chi connectivity index (χ2n) is 5.80. The minimum absolute atomic E-state index is 0.660. The van der Waals surface area contributed by atoms with Gasteiger partial charge in [0.2, 0.25) is 0 Å². The standard InChI is InChI=1S/C18H26O2/c1-3-4-15-5-7-17(8-6-15)14-20-18-11-9-16(10-12-18)13-19-2/h3,9-12,15,17H,1,4-8,13-14H2,2H3/t15-,17-. The highest BCUT2D eigenvalue weighted by molar-refractivity contribution is 5.26. The van der Waals surface area contributed by atoms with E-state index in [1.54, 1.807) is 7.11 Å². The normalized spacial score (nSPS) is 22.4. The Hall–Kier alpha value is -1.28. The second kappa shape index (κ2) is 8.11. The number of allylic oxidation sites excluding steroid dienone is 1. The first-order valence-corrected chi connectivity index (χ1v) is 7.63. The topological polar surface area (TPSA) is 18.5 Å². The SMILES string of the molecule is C=CC[C@H]1CC[C@H](COc2ccc(COC)cc2)CC1. The highest BCUT2D eigenvalue weighted by atomic mass is 16.5. The Balaban J connectivity index is 1.71. The van der Waals surface area contributed by atoms with E-state index in [1.807, 2.05) is 12.1 Å². The molecule has 0 amide bonds. The van der Waals surface area contributed by atoms with Gasteiger partial charge in [-0.3, -0.25) is 0 Å². The molecule has 1 saturated carbocycles. The van der Waals surface area contributed by atoms with Crippen LogP contribution in [0.25, 0.3) is 0 Å². The number of benzene rings is 1. The molecule has 0 atom stereocenters. The van der Waals surface area contributed by atoms with Crippen molar-refractivity contribution in [2.75, 3.05) is 13.7 Å². The first-order chi connectivity index (χ1) is 9.81. The van der Waals surface area contributed by atoms with E-state index in [9.17, 15) is 0 Å². The summed E-state index contributed by atoms with van der Waals surface area (Å²) in [7, 11) is 1.72. The summed E-state index contributed by atoms with van der Waals surface area (Å²) in [4.78, 5) is 0. The smallest absolute Gasteiger partial charge is 0.119 e. The van der Waals surface area contributed by atoms with Crippen molar-refractivity contribution in [2.24, 2.45) is 11.8 Å². The summed E-state index contributed by atoms with van der Waals surface area (Å²) < 4.78 is 11.0. The highest BCUT2D eigenvalue weighted by Crippen LogP contribution is 2.31. The molecule has 110 valence electrons. The molecule has 2 rings (SSSR count). The van der Waals surface area contributed by atoms with Gasteiger partial charge >= 0.3 is 0 Å². The predicted molar refractivity (Wildman–Crippen MR) is 82.9 cm³/mol. The predicted octanol–water partition coefficient (Wildman–Crippen LogP) is 4.59. The van der Waals surface area contributed by atoms with Gasteiger partial charge < -0.3 is 9.47 Å². The van der Waals surface area contributed by atoms with Crippen LogP contribution in [0.5, 0.6) is 5.75 Å². The fourth-order valence-corrected chi connectivity index (χ4v) is 2.93. The third kappa shape index (κ3) is 4.68. The van der Waals surface area contributed by atoms with E-state index in [0.29, 0.717) is 6.61 Å². The zero-order valence-corrected chi connectivity index (χ0v) is 12.5. The maximum Gasteiger partial charge on any atom is 0.119 e. The number of rotatable bonds is 7. The van der Waals surface area contributed by atoms with Crippen molar-refractivity contribution in [1.82, 2.24) is 0 Å². The Morgan fingerprint density at radius 3 is 2.35 bits per heavy atom. The average molecular weight is 274 g/mol. The summed E-state index contributed by atoms with van der Waals surface area (Å²) in [6.07, 6.45) is 8.47. The van der Waals surface area contributed by atoms with Crippen LogP contribution < -0.4 is 4.74 Å². The van der Waals surface area contributed by atoms with Gasteiger partial charge in [-0.15, -0.1) is 6.58 Å². The van der Waals surface area contributed by atoms with E-state index in [0.717, 1.165) is 24.2 Å². The van der Waals surface area contributed by atoms with E-state index < -0.39 is 0 Å². The fraction of sp³-hybridized carbons (Fsp3) is 0.556. The summed E-state index contributed by atoms with van der Waals surface area (Å²) in [6.45, 7) is 5.35. The number of methoxy groups -OCH3 is 1. The van der Waals surface area contributed by atoms with Crippen LogP contribution in [0, 0.1) is 11.8 Å². The van der Waals surface area contributed by atoms with Gasteiger partial charge in [0, 0.05) is 7.11 Å². The van der Waals surface area contributed by atoms with Crippen LogP contribution in [0.4, 0.5) is 0 Å². The van der Waals surface area contributed by atoms with Gasteiger partial charge in [0.05, 0.1) is 13.2 Å². The van der Waals surface area contributed by atoms with Gasteiger partial charge in [-0.05, 0) is 61.6 Å². The van der Waals surface area contributed by atoms with Crippen LogP contribution in [0.3, 0.4) is 0 Å². The molecule has 1 fully saturated rings. The van der Waals surface area contributed by atoms with Gasteiger partial charge in [0.15, 0.2) is 0 Å². The maximum absolute atomic E-state index is 5.91. The van der Waals surface area contributed by atoms with E-state index in [1.165, 1.54) is 37.7 Å². The van der Waals surface area contributed by atoms with Crippen LogP contribution in [0.2, 0.25) is 0 Å². The van der Waals surface area contributed by atoms with Crippen molar-refractivity contribution < 1.29 is 9.47 Å². The monoisotopic (exact) mass is 274 g/mol. The molecule has 1 aliphatic carbocycles. The lowest BCUT2D eigenvalue weighted by Gasteiger charge is -2.27. The summed E-state index contributed by atoms with van der Waals surface area (Å²) >= 11 is 0. The molecular formula is C18H26O2. The molecule has 2 heteroatoms. The first kappa shape index (κ1) is 15.1. The fourth-order valence-electron chi connectivity index (χ4n) is 2.93. The molecular weight excluding hydrogens is 248 g/mol. The van der Waals surface area contributed by atoms with Gasteiger partial charge in [0.1, 0.15) is 5.75 Å². The van der Waals surface area contributed by atoms with Crippen molar-refractivity contribution >= 4 is 0 Å². The summed E-state index contributed by atoms with van der Waals surface area (Å²) in [5, 5.41) is 0. The lowest BCUT2D eigenvalue weighted by molar-refractivity contribution is 0.181. The Morgan fingerprint density at radius 2 is 1.75 bits per heavy atom. The maximum atomic E-state index is 5.91. The molecule has 1 aromatic rings. The molecule has 0 spiro atoms. The zero-order chi connectivity index (χ0) is 14.2. The van der Waals surface area contributed by atoms with E-state index >= 15 is 0 Å². The number of hydrogen-bond acceptors (Lipinski definition) is 2. The van der Waals surface area contributed by atoms with Crippen molar-refractivity contribution in [3.63, 3.8) is 0 Å². The lowest BCUT2D eigenvalue weighted by atomic mass is 9.81. The largest absolute Gasteiger partial charge is 0.493 e. The third-order valence-electron chi connectivity index (χ3n) is 4.19. The van der Waals surface area contributed by atoms with Crippen LogP contribution in [0.15, 0.2) is 36.9 Å². The van der Waals surface area contributed by atoms with Crippen molar-refractivity contribution in [1.29, 1.82) is 0 Å². The summed E-state index contributed by atoms with van der Waals surface area (Å²) in [6, 6.07) is 8.22. The van der Waals surface area contributed by atoms with Crippen LogP contribution in [-0.4, -0.2) is 13.7 Å². The number of ether oxygens (including phenoxy) is 2. The Bertz CT molecular complexity index is 388. The molecule has 0 aromatic heterocycles. The highest BCUT2D eigenvalue weighted by Gasteiger charge is 2.20. The van der Waals surface area contributed by atoms with Crippen LogP contribution in [0.1, 0.15) is 37.7 Å². The molecule has 0 N–H and O–H groups in total. The number of hydrogen-bond donors (Lipinski definition) is 0. The minimum atomic E-state index is 0.660. The van der Waals surface area contributed by atoms with Gasteiger partial charge in [-0.2, -0.15) is 0 Å². The lowest BCUT2D eigenvalue weighted by Crippen LogP contribution is -2.19. The van der Waals surface area contributed by atoms with Gasteiger partial charge in [-0.25, -0.2) is 0 Å². The summed E-state index contributed by atoms with van der Waals surface area (Å²) in [5.74, 6) is 2.55. The van der Waals surface area contributed by atoms with E-state index in [4.69, 9.17) is 9.47 Å². The molecule has 0 radical (unpaired) electrons.